The molecule has 44 heavy (non-hydrogen) atoms. The number of cyclic esters (lactones) is 1. The summed E-state index contributed by atoms with van der Waals surface area (Å²) in [6, 6.07) is 7.44. The van der Waals surface area contributed by atoms with Crippen molar-refractivity contribution >= 4 is 23.7 Å². The van der Waals surface area contributed by atoms with Gasteiger partial charge >= 0.3 is 5.97 Å². The maximum absolute atomic E-state index is 14.7. The first kappa shape index (κ1) is 31.9. The van der Waals surface area contributed by atoms with Gasteiger partial charge in [-0.05, 0) is 45.1 Å². The molecule has 238 valence electrons. The van der Waals surface area contributed by atoms with E-state index in [1.54, 1.807) is 23.1 Å². The van der Waals surface area contributed by atoms with Gasteiger partial charge in [0.15, 0.2) is 0 Å². The molecule has 10 nitrogen and oxygen atoms in total. The van der Waals surface area contributed by atoms with Gasteiger partial charge in [0.1, 0.15) is 23.7 Å². The fourth-order valence-electron chi connectivity index (χ4n) is 7.16. The van der Waals surface area contributed by atoms with Crippen LogP contribution >= 0.6 is 0 Å². The molecule has 2 fully saturated rings. The van der Waals surface area contributed by atoms with Crippen molar-refractivity contribution in [2.24, 2.45) is 17.8 Å². The number of allylic oxidation sites excluding steroid dienone is 1. The van der Waals surface area contributed by atoms with E-state index in [0.29, 0.717) is 24.9 Å². The van der Waals surface area contributed by atoms with Crippen LogP contribution in [0.1, 0.15) is 65.5 Å². The average molecular weight is 608 g/mol. The van der Waals surface area contributed by atoms with E-state index in [4.69, 9.17) is 9.47 Å². The molecule has 2 saturated heterocycles. The lowest BCUT2D eigenvalue weighted by Gasteiger charge is -2.42. The van der Waals surface area contributed by atoms with E-state index in [2.05, 4.69) is 5.32 Å². The highest BCUT2D eigenvalue weighted by Gasteiger charge is 2.72. The van der Waals surface area contributed by atoms with Crippen LogP contribution in [0.25, 0.3) is 0 Å². The van der Waals surface area contributed by atoms with E-state index >= 15 is 0 Å². The van der Waals surface area contributed by atoms with Crippen molar-refractivity contribution < 1.29 is 33.8 Å². The van der Waals surface area contributed by atoms with Crippen LogP contribution in [0, 0.1) is 17.8 Å². The van der Waals surface area contributed by atoms with Crippen LogP contribution < -0.4 is 5.32 Å². The van der Waals surface area contributed by atoms with Crippen molar-refractivity contribution in [2.75, 3.05) is 19.7 Å². The Kier molecular flexibility index (Phi) is 9.05. The third kappa shape index (κ3) is 5.81. The lowest BCUT2D eigenvalue weighted by Crippen LogP contribution is -2.60. The largest absolute Gasteiger partial charge is 0.455 e. The minimum absolute atomic E-state index is 0.0783. The fourth-order valence-corrected chi connectivity index (χ4v) is 7.16. The summed E-state index contributed by atoms with van der Waals surface area (Å²) >= 11 is 0. The molecule has 4 aliphatic heterocycles. The lowest BCUT2D eigenvalue weighted by atomic mass is 9.77. The van der Waals surface area contributed by atoms with Crippen LogP contribution in [0.3, 0.4) is 0 Å². The molecule has 1 spiro atoms. The molecule has 3 amide bonds. The van der Waals surface area contributed by atoms with Gasteiger partial charge in [-0.15, -0.1) is 0 Å². The third-order valence-corrected chi connectivity index (χ3v) is 9.14. The van der Waals surface area contributed by atoms with Crippen molar-refractivity contribution in [3.63, 3.8) is 0 Å². The number of amides is 3. The van der Waals surface area contributed by atoms with E-state index in [9.17, 15) is 24.3 Å². The first-order valence-electron chi connectivity index (χ1n) is 15.7. The minimum atomic E-state index is -1.45. The molecular weight excluding hydrogens is 562 g/mol. The molecule has 0 bridgehead atoms. The molecule has 0 unspecified atom stereocenters. The van der Waals surface area contributed by atoms with Crippen LogP contribution in [0.5, 0.6) is 0 Å². The van der Waals surface area contributed by atoms with Crippen LogP contribution in [-0.2, 0) is 28.7 Å². The molecule has 1 aromatic carbocycles. The monoisotopic (exact) mass is 607 g/mol. The van der Waals surface area contributed by atoms with Gasteiger partial charge in [-0.2, -0.15) is 0 Å². The summed E-state index contributed by atoms with van der Waals surface area (Å²) < 4.78 is 12.9. The normalized spacial score (nSPS) is 32.6. The van der Waals surface area contributed by atoms with Crippen LogP contribution in [0.2, 0.25) is 0 Å². The summed E-state index contributed by atoms with van der Waals surface area (Å²) in [6.45, 7) is 9.88. The van der Waals surface area contributed by atoms with E-state index in [0.717, 1.165) is 0 Å². The van der Waals surface area contributed by atoms with Crippen LogP contribution in [0.4, 0.5) is 0 Å². The number of rotatable bonds is 5. The number of esters is 1. The predicted octanol–water partition coefficient (Wildman–Crippen LogP) is 2.92. The Morgan fingerprint density at radius 3 is 2.45 bits per heavy atom. The Morgan fingerprint density at radius 2 is 1.80 bits per heavy atom. The molecule has 10 heteroatoms. The number of benzene rings is 1. The zero-order valence-electron chi connectivity index (χ0n) is 26.3. The summed E-state index contributed by atoms with van der Waals surface area (Å²) in [4.78, 5) is 59.2. The number of hydrogen-bond acceptors (Lipinski definition) is 7. The molecule has 2 N–H and O–H groups in total. The van der Waals surface area contributed by atoms with Crippen molar-refractivity contribution in [3.05, 3.63) is 60.2 Å². The zero-order chi connectivity index (χ0) is 31.8. The number of nitrogens with zero attached hydrogens (tertiary/aromatic N) is 2. The second-order valence-corrected chi connectivity index (χ2v) is 13.7. The minimum Gasteiger partial charge on any atom is -0.455 e. The average Bonchev–Trinajstić information content (AvgIpc) is 3.35. The van der Waals surface area contributed by atoms with E-state index in [-0.39, 0.29) is 37.3 Å². The number of ether oxygens (including phenoxy) is 2. The second-order valence-electron chi connectivity index (χ2n) is 13.7. The number of aliphatic hydroxyl groups excluding tert-OH is 1. The third-order valence-electron chi connectivity index (χ3n) is 9.14. The van der Waals surface area contributed by atoms with E-state index in [1.165, 1.54) is 4.90 Å². The fraction of sp³-hybridized carbons (Fsp3) is 0.588. The molecule has 0 saturated carbocycles. The van der Waals surface area contributed by atoms with E-state index in [1.807, 2.05) is 71.0 Å². The number of aliphatic hydroxyl groups is 1. The number of carbonyl (C=O) groups excluding carboxylic acids is 4. The maximum Gasteiger partial charge on any atom is 0.313 e. The molecule has 7 atom stereocenters. The number of fused-ring (bicyclic) bond motifs is 2. The Balaban J connectivity index is 1.63. The SMILES string of the molecule is CC(C)C[C@H](CO)N1C(=O)[C@@H]2[C@H]3C(=O)O[C@H](c4ccccc4)CNC(=O)CC/C=C\[C@H]3O[C@@]23C=CCN(C(C)(C)C)C(=O)[C@@H]13. The van der Waals surface area contributed by atoms with Crippen molar-refractivity contribution in [1.29, 1.82) is 0 Å². The molecule has 5 rings (SSSR count). The highest BCUT2D eigenvalue weighted by Crippen LogP contribution is 2.54. The number of hydrogen-bond donors (Lipinski definition) is 2. The summed E-state index contributed by atoms with van der Waals surface area (Å²) in [5.41, 5.74) is -1.30. The van der Waals surface area contributed by atoms with E-state index < -0.39 is 59.1 Å². The Labute approximate surface area is 259 Å². The molecule has 1 aromatic rings. The van der Waals surface area contributed by atoms with Gasteiger partial charge < -0.3 is 29.7 Å². The molecular formula is C34H45N3O7. The number of nitrogens with one attached hydrogen (secondary N) is 1. The first-order chi connectivity index (χ1) is 20.9. The summed E-state index contributed by atoms with van der Waals surface area (Å²) in [5, 5.41) is 13.4. The van der Waals surface area contributed by atoms with Crippen molar-refractivity contribution in [3.8, 4) is 0 Å². The van der Waals surface area contributed by atoms with Gasteiger partial charge in [-0.1, -0.05) is 68.5 Å². The maximum atomic E-state index is 14.7. The predicted molar refractivity (Wildman–Crippen MR) is 163 cm³/mol. The highest BCUT2D eigenvalue weighted by molar-refractivity contribution is 5.99. The molecule has 4 heterocycles. The summed E-state index contributed by atoms with van der Waals surface area (Å²) in [5.74, 6) is -3.46. The molecule has 0 aromatic heterocycles. The number of likely N-dealkylation sites (tertiary alicyclic amines) is 1. The second kappa shape index (κ2) is 12.5. The van der Waals surface area contributed by atoms with Crippen molar-refractivity contribution in [1.82, 2.24) is 15.1 Å². The number of carbonyl (C=O) groups is 4. The Morgan fingerprint density at radius 1 is 1.07 bits per heavy atom. The Bertz CT molecular complexity index is 1320. The van der Waals surface area contributed by atoms with Crippen LogP contribution in [-0.4, -0.2) is 87.6 Å². The quantitative estimate of drug-likeness (QED) is 0.390. The van der Waals surface area contributed by atoms with Gasteiger partial charge in [0, 0.05) is 18.5 Å². The summed E-state index contributed by atoms with van der Waals surface area (Å²) in [6.07, 6.45) is 6.62. The van der Waals surface area contributed by atoms with Crippen LogP contribution in [0.15, 0.2) is 54.6 Å². The van der Waals surface area contributed by atoms with Gasteiger partial charge in [-0.25, -0.2) is 0 Å². The van der Waals surface area contributed by atoms with Gasteiger partial charge in [0.2, 0.25) is 17.7 Å². The molecule has 0 radical (unpaired) electrons. The van der Waals surface area contributed by atoms with Gasteiger partial charge in [0.25, 0.3) is 0 Å². The highest BCUT2D eigenvalue weighted by atomic mass is 16.6. The van der Waals surface area contributed by atoms with Crippen molar-refractivity contribution in [2.45, 2.75) is 89.3 Å². The zero-order valence-corrected chi connectivity index (χ0v) is 26.3. The lowest BCUT2D eigenvalue weighted by molar-refractivity contribution is -0.161. The topological polar surface area (TPSA) is 125 Å². The molecule has 0 aliphatic carbocycles. The summed E-state index contributed by atoms with van der Waals surface area (Å²) in [7, 11) is 0. The standard InChI is InChI=1S/C34H45N3O7/c1-21(2)18-23(20-38)37-29-31(41)36(33(3,4)5)17-11-16-34(29)28(30(37)40)27-24(44-34)14-9-10-15-26(39)35-19-25(43-32(27)42)22-12-7-6-8-13-22/h6-9,11-14,16,21,23-25,27-29,38H,10,15,17-20H2,1-5H3,(H,35,39)/b14-9-/t23-,24-,25+,27+,28+,29-,34+/m1/s1. The van der Waals surface area contributed by atoms with Gasteiger partial charge in [-0.3, -0.25) is 19.2 Å². The Hall–Kier alpha value is -3.50. The molecule has 4 aliphatic rings. The van der Waals surface area contributed by atoms with Gasteiger partial charge in [0.05, 0.1) is 31.2 Å². The smallest absolute Gasteiger partial charge is 0.313 e. The first-order valence-corrected chi connectivity index (χ1v) is 15.7.